The maximum atomic E-state index is 12.1. The number of rotatable bonds is 5. The van der Waals surface area contributed by atoms with E-state index >= 15 is 0 Å². The summed E-state index contributed by atoms with van der Waals surface area (Å²) in [4.78, 5) is 45.6. The molecule has 0 unspecified atom stereocenters. The number of nitro groups is 1. The number of pyridine rings is 1. The van der Waals surface area contributed by atoms with Gasteiger partial charge in [-0.2, -0.15) is 0 Å². The number of anilines is 1. The third-order valence-corrected chi connectivity index (χ3v) is 3.51. The number of ether oxygens (including phenoxy) is 1. The summed E-state index contributed by atoms with van der Waals surface area (Å²) in [7, 11) is 1.26. The Kier molecular flexibility index (Phi) is 5.28. The zero-order valence-electron chi connectivity index (χ0n) is 13.5. The van der Waals surface area contributed by atoms with Gasteiger partial charge >= 0.3 is 5.97 Å². The second-order valence-electron chi connectivity index (χ2n) is 5.10. The van der Waals surface area contributed by atoms with Crippen LogP contribution in [0.5, 0.6) is 0 Å². The van der Waals surface area contributed by atoms with Crippen molar-refractivity contribution in [2.24, 2.45) is 0 Å². The lowest BCUT2D eigenvalue weighted by atomic mass is 10.2. The predicted octanol–water partition coefficient (Wildman–Crippen LogP) is 1.49. The summed E-state index contributed by atoms with van der Waals surface area (Å²) in [6.07, 6.45) is 0. The van der Waals surface area contributed by atoms with Gasteiger partial charge in [0.05, 0.1) is 23.3 Å². The van der Waals surface area contributed by atoms with Gasteiger partial charge in [0.2, 0.25) is 5.91 Å². The molecule has 0 aliphatic heterocycles. The Morgan fingerprint density at radius 1 is 1.20 bits per heavy atom. The van der Waals surface area contributed by atoms with Crippen molar-refractivity contribution in [3.8, 4) is 0 Å². The molecule has 0 saturated heterocycles. The molecular weight excluding hydrogens is 330 g/mol. The summed E-state index contributed by atoms with van der Waals surface area (Å²) in [6.45, 7) is 1.03. The molecule has 0 spiro atoms. The molecule has 1 heterocycles. The lowest BCUT2D eigenvalue weighted by Crippen LogP contribution is -2.29. The minimum Gasteiger partial charge on any atom is -0.465 e. The Labute approximate surface area is 142 Å². The van der Waals surface area contributed by atoms with E-state index in [0.717, 1.165) is 16.7 Å². The zero-order chi connectivity index (χ0) is 18.6. The number of hydrogen-bond acceptors (Lipinski definition) is 6. The Morgan fingerprint density at radius 3 is 2.40 bits per heavy atom. The highest BCUT2D eigenvalue weighted by molar-refractivity contribution is 5.93. The molecule has 25 heavy (non-hydrogen) atoms. The van der Waals surface area contributed by atoms with Gasteiger partial charge < -0.3 is 10.1 Å². The largest absolute Gasteiger partial charge is 0.465 e. The normalized spacial score (nSPS) is 10.2. The van der Waals surface area contributed by atoms with Crippen molar-refractivity contribution in [3.63, 3.8) is 0 Å². The minimum atomic E-state index is -0.616. The van der Waals surface area contributed by atoms with Crippen LogP contribution in [0, 0.1) is 17.0 Å². The molecular formula is C16H15N3O6. The number of hydrogen-bond donors (Lipinski definition) is 1. The third kappa shape index (κ3) is 4.08. The number of benzene rings is 1. The van der Waals surface area contributed by atoms with Crippen LogP contribution in [0.2, 0.25) is 0 Å². The van der Waals surface area contributed by atoms with E-state index in [-0.39, 0.29) is 17.9 Å². The number of carbonyl (C=O) groups is 2. The van der Waals surface area contributed by atoms with Crippen LogP contribution in [0.4, 0.5) is 11.4 Å². The van der Waals surface area contributed by atoms with E-state index in [4.69, 9.17) is 0 Å². The van der Waals surface area contributed by atoms with Crippen LogP contribution in [-0.2, 0) is 16.1 Å². The molecule has 2 rings (SSSR count). The number of nitrogens with one attached hydrogen (secondary N) is 1. The van der Waals surface area contributed by atoms with E-state index in [1.807, 2.05) is 0 Å². The highest BCUT2D eigenvalue weighted by Gasteiger charge is 2.17. The summed E-state index contributed by atoms with van der Waals surface area (Å²) < 4.78 is 5.60. The van der Waals surface area contributed by atoms with Crippen molar-refractivity contribution in [1.82, 2.24) is 4.57 Å². The minimum absolute atomic E-state index is 0.0914. The fourth-order valence-corrected chi connectivity index (χ4v) is 2.21. The lowest BCUT2D eigenvalue weighted by Gasteiger charge is -2.10. The van der Waals surface area contributed by atoms with Gasteiger partial charge in [0.25, 0.3) is 11.2 Å². The quantitative estimate of drug-likeness (QED) is 0.498. The van der Waals surface area contributed by atoms with Crippen molar-refractivity contribution < 1.29 is 19.2 Å². The van der Waals surface area contributed by atoms with E-state index in [2.05, 4.69) is 10.1 Å². The van der Waals surface area contributed by atoms with E-state index in [1.165, 1.54) is 38.3 Å². The molecule has 1 N–H and O–H groups in total. The molecule has 130 valence electrons. The predicted molar refractivity (Wildman–Crippen MR) is 88.5 cm³/mol. The van der Waals surface area contributed by atoms with Crippen molar-refractivity contribution in [2.45, 2.75) is 13.5 Å². The maximum Gasteiger partial charge on any atom is 0.337 e. The first-order valence-electron chi connectivity index (χ1n) is 7.16. The fraction of sp³-hybridized carbons (Fsp3) is 0.188. The van der Waals surface area contributed by atoms with Gasteiger partial charge in [-0.25, -0.2) is 4.79 Å². The Morgan fingerprint density at radius 2 is 1.84 bits per heavy atom. The maximum absolute atomic E-state index is 12.1. The molecule has 0 fully saturated rings. The van der Waals surface area contributed by atoms with Gasteiger partial charge in [-0.3, -0.25) is 24.3 Å². The SMILES string of the molecule is COC(=O)c1ccc(NC(=O)Cn2c(C)c([N+](=O)[O-])ccc2=O)cc1. The molecule has 0 atom stereocenters. The highest BCUT2D eigenvalue weighted by atomic mass is 16.6. The Bertz CT molecular complexity index is 886. The van der Waals surface area contributed by atoms with Crippen molar-refractivity contribution in [1.29, 1.82) is 0 Å². The standard InChI is InChI=1S/C16H15N3O6/c1-10-13(19(23)24)7-8-15(21)18(10)9-14(20)17-12-5-3-11(4-6-12)16(22)25-2/h3-8H,9H2,1-2H3,(H,17,20). The first-order chi connectivity index (χ1) is 11.8. The first-order valence-corrected chi connectivity index (χ1v) is 7.16. The van der Waals surface area contributed by atoms with E-state index in [0.29, 0.717) is 11.3 Å². The van der Waals surface area contributed by atoms with Crippen LogP contribution < -0.4 is 10.9 Å². The Balaban J connectivity index is 2.16. The second kappa shape index (κ2) is 7.39. The molecule has 0 aliphatic rings. The molecule has 1 amide bonds. The van der Waals surface area contributed by atoms with Gasteiger partial charge in [0.15, 0.2) is 0 Å². The van der Waals surface area contributed by atoms with Crippen molar-refractivity contribution >= 4 is 23.3 Å². The molecule has 1 aromatic heterocycles. The average Bonchev–Trinajstić information content (AvgIpc) is 2.58. The van der Waals surface area contributed by atoms with Crippen LogP contribution in [-0.4, -0.2) is 28.5 Å². The zero-order valence-corrected chi connectivity index (χ0v) is 13.5. The third-order valence-electron chi connectivity index (χ3n) is 3.51. The number of nitrogens with zero attached hydrogens (tertiary/aromatic N) is 2. The van der Waals surface area contributed by atoms with Crippen LogP contribution in [0.15, 0.2) is 41.2 Å². The first kappa shape index (κ1) is 17.9. The van der Waals surface area contributed by atoms with Crippen LogP contribution in [0.3, 0.4) is 0 Å². The summed E-state index contributed by atoms with van der Waals surface area (Å²) in [5.41, 5.74) is 0.0721. The number of aromatic nitrogens is 1. The summed E-state index contributed by atoms with van der Waals surface area (Å²) >= 11 is 0. The smallest absolute Gasteiger partial charge is 0.337 e. The summed E-state index contributed by atoms with van der Waals surface area (Å²) in [5.74, 6) is -1.03. The summed E-state index contributed by atoms with van der Waals surface area (Å²) in [6, 6.07) is 8.13. The molecule has 9 nitrogen and oxygen atoms in total. The van der Waals surface area contributed by atoms with Gasteiger partial charge in [-0.1, -0.05) is 0 Å². The monoisotopic (exact) mass is 345 g/mol. The van der Waals surface area contributed by atoms with Gasteiger partial charge in [-0.15, -0.1) is 0 Å². The topological polar surface area (TPSA) is 121 Å². The molecule has 1 aromatic carbocycles. The lowest BCUT2D eigenvalue weighted by molar-refractivity contribution is -0.386. The molecule has 0 bridgehead atoms. The van der Waals surface area contributed by atoms with Crippen molar-refractivity contribution in [3.05, 3.63) is 68.1 Å². The molecule has 0 aliphatic carbocycles. The van der Waals surface area contributed by atoms with Gasteiger partial charge in [0, 0.05) is 17.8 Å². The van der Waals surface area contributed by atoms with Crippen molar-refractivity contribution in [2.75, 3.05) is 12.4 Å². The number of carbonyl (C=O) groups excluding carboxylic acids is 2. The molecule has 0 saturated carbocycles. The van der Waals surface area contributed by atoms with Crippen LogP contribution >= 0.6 is 0 Å². The van der Waals surface area contributed by atoms with Gasteiger partial charge in [0.1, 0.15) is 6.54 Å². The molecule has 2 aromatic rings. The number of esters is 1. The van der Waals surface area contributed by atoms with E-state index < -0.39 is 22.4 Å². The van der Waals surface area contributed by atoms with Crippen LogP contribution in [0.25, 0.3) is 0 Å². The Hall–Kier alpha value is -3.49. The van der Waals surface area contributed by atoms with Gasteiger partial charge in [-0.05, 0) is 31.2 Å². The second-order valence-corrected chi connectivity index (χ2v) is 5.10. The average molecular weight is 345 g/mol. The number of amides is 1. The summed E-state index contributed by atoms with van der Waals surface area (Å²) in [5, 5.41) is 13.5. The fourth-order valence-electron chi connectivity index (χ4n) is 2.21. The highest BCUT2D eigenvalue weighted by Crippen LogP contribution is 2.15. The van der Waals surface area contributed by atoms with E-state index in [9.17, 15) is 24.5 Å². The van der Waals surface area contributed by atoms with Crippen LogP contribution in [0.1, 0.15) is 16.1 Å². The van der Waals surface area contributed by atoms with E-state index in [1.54, 1.807) is 0 Å². The molecule has 9 heteroatoms. The number of methoxy groups -OCH3 is 1. The molecule has 0 radical (unpaired) electrons.